The molecule has 21 heavy (non-hydrogen) atoms. The molecule has 0 aromatic carbocycles. The van der Waals surface area contributed by atoms with Gasteiger partial charge in [-0.15, -0.1) is 12.4 Å². The first-order chi connectivity index (χ1) is 9.69. The summed E-state index contributed by atoms with van der Waals surface area (Å²) >= 11 is 0. The summed E-state index contributed by atoms with van der Waals surface area (Å²) in [6, 6.07) is 1.99. The number of amides is 1. The molecule has 120 valence electrons. The fourth-order valence-electron chi connectivity index (χ4n) is 2.62. The molecule has 0 saturated heterocycles. The van der Waals surface area contributed by atoms with Crippen LogP contribution < -0.4 is 11.1 Å². The highest BCUT2D eigenvalue weighted by Gasteiger charge is 2.25. The predicted molar refractivity (Wildman–Crippen MR) is 84.5 cm³/mol. The van der Waals surface area contributed by atoms with Crippen molar-refractivity contribution in [1.29, 1.82) is 0 Å². The number of hydrogen-bond donors (Lipinski definition) is 2. The number of aryl methyl sites for hydroxylation is 1. The third-order valence-corrected chi connectivity index (χ3v) is 3.71. The summed E-state index contributed by atoms with van der Waals surface area (Å²) in [6.07, 6.45) is 6.54. The van der Waals surface area contributed by atoms with Crippen LogP contribution >= 0.6 is 12.4 Å². The van der Waals surface area contributed by atoms with Crippen molar-refractivity contribution in [3.05, 3.63) is 12.3 Å². The average molecular weight is 317 g/mol. The number of carbonyl (C=O) groups excluding carboxylic acids is 1. The lowest BCUT2D eigenvalue weighted by Crippen LogP contribution is -2.34. The van der Waals surface area contributed by atoms with Crippen molar-refractivity contribution >= 4 is 24.1 Å². The Morgan fingerprint density at radius 1 is 1.57 bits per heavy atom. The van der Waals surface area contributed by atoms with E-state index in [1.54, 1.807) is 7.11 Å². The molecule has 2 rings (SSSR count). The van der Waals surface area contributed by atoms with Crippen molar-refractivity contribution in [2.45, 2.75) is 44.7 Å². The smallest absolute Gasteiger partial charge is 0.228 e. The molecule has 1 aliphatic carbocycles. The predicted octanol–water partition coefficient (Wildman–Crippen LogP) is 1.80. The molecular formula is C14H25ClN4O2. The molecule has 2 atom stereocenters. The van der Waals surface area contributed by atoms with Gasteiger partial charge in [0.25, 0.3) is 0 Å². The van der Waals surface area contributed by atoms with E-state index in [1.807, 2.05) is 16.9 Å². The van der Waals surface area contributed by atoms with E-state index >= 15 is 0 Å². The van der Waals surface area contributed by atoms with Crippen molar-refractivity contribution in [3.63, 3.8) is 0 Å². The van der Waals surface area contributed by atoms with E-state index in [0.717, 1.165) is 38.6 Å². The van der Waals surface area contributed by atoms with Crippen molar-refractivity contribution in [2.24, 2.45) is 11.7 Å². The number of carbonyl (C=O) groups is 1. The second-order valence-electron chi connectivity index (χ2n) is 5.42. The number of ether oxygens (including phenoxy) is 1. The number of nitrogens with two attached hydrogens (primary N) is 1. The Hall–Kier alpha value is -1.11. The quantitative estimate of drug-likeness (QED) is 0.784. The fourth-order valence-corrected chi connectivity index (χ4v) is 2.62. The molecule has 7 heteroatoms. The second kappa shape index (κ2) is 9.02. The summed E-state index contributed by atoms with van der Waals surface area (Å²) in [5.41, 5.74) is 5.92. The number of aromatic nitrogens is 2. The van der Waals surface area contributed by atoms with Gasteiger partial charge in [0.1, 0.15) is 0 Å². The van der Waals surface area contributed by atoms with Gasteiger partial charge in [0.2, 0.25) is 5.91 Å². The van der Waals surface area contributed by atoms with Gasteiger partial charge < -0.3 is 15.8 Å². The van der Waals surface area contributed by atoms with E-state index in [9.17, 15) is 4.79 Å². The van der Waals surface area contributed by atoms with Gasteiger partial charge in [-0.1, -0.05) is 6.42 Å². The maximum Gasteiger partial charge on any atom is 0.228 e. The van der Waals surface area contributed by atoms with Crippen molar-refractivity contribution in [2.75, 3.05) is 19.0 Å². The summed E-state index contributed by atoms with van der Waals surface area (Å²) in [4.78, 5) is 12.1. The first kappa shape index (κ1) is 17.9. The van der Waals surface area contributed by atoms with Crippen molar-refractivity contribution in [1.82, 2.24) is 9.78 Å². The molecule has 0 bridgehead atoms. The van der Waals surface area contributed by atoms with Gasteiger partial charge >= 0.3 is 0 Å². The zero-order valence-electron chi connectivity index (χ0n) is 12.5. The van der Waals surface area contributed by atoms with Gasteiger partial charge in [0.05, 0.1) is 0 Å². The molecule has 1 amide bonds. The van der Waals surface area contributed by atoms with Gasteiger partial charge in [0, 0.05) is 44.5 Å². The molecule has 1 saturated carbocycles. The first-order valence-electron chi connectivity index (χ1n) is 7.28. The second-order valence-corrected chi connectivity index (χ2v) is 5.42. The zero-order valence-corrected chi connectivity index (χ0v) is 13.3. The van der Waals surface area contributed by atoms with Crippen LogP contribution in [0.1, 0.15) is 32.1 Å². The standard InChI is InChI=1S/C14H24N4O2.ClH/c1-20-9-3-7-18-8-6-13(17-18)16-14(19)11-4-2-5-12(15)10-11;/h6,8,11-12H,2-5,7,9-10,15H2,1H3,(H,16,17,19);1H. The molecule has 0 spiro atoms. The molecule has 6 nitrogen and oxygen atoms in total. The van der Waals surface area contributed by atoms with E-state index < -0.39 is 0 Å². The lowest BCUT2D eigenvalue weighted by Gasteiger charge is -2.25. The highest BCUT2D eigenvalue weighted by molar-refractivity contribution is 5.91. The van der Waals surface area contributed by atoms with Crippen LogP contribution in [0.2, 0.25) is 0 Å². The van der Waals surface area contributed by atoms with Crippen LogP contribution in [0.15, 0.2) is 12.3 Å². The molecule has 3 N–H and O–H groups in total. The minimum absolute atomic E-state index is 0. The summed E-state index contributed by atoms with van der Waals surface area (Å²) in [6.45, 7) is 1.50. The number of halogens is 1. The highest BCUT2D eigenvalue weighted by atomic mass is 35.5. The summed E-state index contributed by atoms with van der Waals surface area (Å²) in [5.74, 6) is 0.686. The Morgan fingerprint density at radius 2 is 2.38 bits per heavy atom. The van der Waals surface area contributed by atoms with E-state index in [-0.39, 0.29) is 30.3 Å². The lowest BCUT2D eigenvalue weighted by atomic mass is 9.85. The van der Waals surface area contributed by atoms with Gasteiger partial charge in [-0.05, 0) is 25.7 Å². The monoisotopic (exact) mass is 316 g/mol. The lowest BCUT2D eigenvalue weighted by molar-refractivity contribution is -0.120. The molecule has 1 heterocycles. The van der Waals surface area contributed by atoms with Crippen LogP contribution in [0.5, 0.6) is 0 Å². The Balaban J connectivity index is 0.00000220. The number of methoxy groups -OCH3 is 1. The van der Waals surface area contributed by atoms with Gasteiger partial charge in [-0.2, -0.15) is 5.10 Å². The van der Waals surface area contributed by atoms with Crippen LogP contribution in [0.25, 0.3) is 0 Å². The number of rotatable bonds is 6. The number of nitrogens with one attached hydrogen (secondary N) is 1. The minimum atomic E-state index is 0. The molecule has 2 unspecified atom stereocenters. The van der Waals surface area contributed by atoms with Crippen LogP contribution in [0, 0.1) is 5.92 Å². The Kier molecular flexibility index (Phi) is 7.71. The van der Waals surface area contributed by atoms with E-state index in [4.69, 9.17) is 10.5 Å². The largest absolute Gasteiger partial charge is 0.385 e. The normalized spacial score (nSPS) is 21.6. The highest BCUT2D eigenvalue weighted by Crippen LogP contribution is 2.24. The maximum atomic E-state index is 12.1. The third-order valence-electron chi connectivity index (χ3n) is 3.71. The van der Waals surface area contributed by atoms with Crippen molar-refractivity contribution < 1.29 is 9.53 Å². The van der Waals surface area contributed by atoms with Gasteiger partial charge in [0.15, 0.2) is 5.82 Å². The van der Waals surface area contributed by atoms with Gasteiger partial charge in [-0.25, -0.2) is 0 Å². The van der Waals surface area contributed by atoms with Crippen LogP contribution in [0.4, 0.5) is 5.82 Å². The Morgan fingerprint density at radius 3 is 3.10 bits per heavy atom. The maximum absolute atomic E-state index is 12.1. The van der Waals surface area contributed by atoms with Crippen LogP contribution in [-0.2, 0) is 16.1 Å². The first-order valence-corrected chi connectivity index (χ1v) is 7.28. The molecule has 0 radical (unpaired) electrons. The van der Waals surface area contributed by atoms with E-state index in [1.165, 1.54) is 0 Å². The fraction of sp³-hybridized carbons (Fsp3) is 0.714. The Labute approximate surface area is 131 Å². The van der Waals surface area contributed by atoms with Crippen LogP contribution in [0.3, 0.4) is 0 Å². The third kappa shape index (κ3) is 5.65. The van der Waals surface area contributed by atoms with Crippen LogP contribution in [-0.4, -0.2) is 35.4 Å². The van der Waals surface area contributed by atoms with Gasteiger partial charge in [-0.3, -0.25) is 9.48 Å². The van der Waals surface area contributed by atoms with Crippen molar-refractivity contribution in [3.8, 4) is 0 Å². The summed E-state index contributed by atoms with van der Waals surface area (Å²) < 4.78 is 6.82. The molecule has 0 aliphatic heterocycles. The Bertz CT molecular complexity index is 438. The summed E-state index contributed by atoms with van der Waals surface area (Å²) in [7, 11) is 1.68. The topological polar surface area (TPSA) is 82.2 Å². The number of nitrogens with zero attached hydrogens (tertiary/aromatic N) is 2. The minimum Gasteiger partial charge on any atom is -0.385 e. The number of hydrogen-bond acceptors (Lipinski definition) is 4. The van der Waals surface area contributed by atoms with E-state index in [2.05, 4.69) is 10.4 Å². The molecular weight excluding hydrogens is 292 g/mol. The molecule has 1 aromatic rings. The SMILES string of the molecule is COCCCn1ccc(NC(=O)C2CCCC(N)C2)n1.Cl. The number of anilines is 1. The molecule has 1 fully saturated rings. The molecule has 1 aliphatic rings. The summed E-state index contributed by atoms with van der Waals surface area (Å²) in [5, 5.41) is 7.22. The molecule has 1 aromatic heterocycles. The van der Waals surface area contributed by atoms with E-state index in [0.29, 0.717) is 12.4 Å². The zero-order chi connectivity index (χ0) is 14.4. The average Bonchev–Trinajstić information content (AvgIpc) is 2.86.